The summed E-state index contributed by atoms with van der Waals surface area (Å²) in [6.45, 7) is 1.65. The van der Waals surface area contributed by atoms with Crippen LogP contribution < -0.4 is 0 Å². The summed E-state index contributed by atoms with van der Waals surface area (Å²) < 4.78 is 1.51. The van der Waals surface area contributed by atoms with Gasteiger partial charge in [0.1, 0.15) is 0 Å². The Morgan fingerprint density at radius 1 is 1.12 bits per heavy atom. The molecule has 0 bridgehead atoms. The topological polar surface area (TPSA) is 78.0 Å². The number of nitrogens with zero attached hydrogens (tertiary/aromatic N) is 3. The van der Waals surface area contributed by atoms with Crippen LogP contribution >= 0.6 is 11.6 Å². The number of rotatable bonds is 4. The Kier molecular flexibility index (Phi) is 4.14. The predicted molar refractivity (Wildman–Crippen MR) is 90.6 cm³/mol. The van der Waals surface area contributed by atoms with Crippen LogP contribution in [-0.4, -0.2) is 19.9 Å². The number of aryl methyl sites for hydroxylation is 1. The predicted octanol–water partition coefficient (Wildman–Crippen LogP) is 4.13. The number of carbonyl (C=O) groups is 1. The first-order chi connectivity index (χ1) is 11.5. The van der Waals surface area contributed by atoms with Gasteiger partial charge in [-0.25, -0.2) is 4.68 Å². The van der Waals surface area contributed by atoms with E-state index in [1.165, 1.54) is 10.7 Å². The number of hydrogen-bond donors (Lipinski definition) is 0. The molecule has 24 heavy (non-hydrogen) atoms. The molecule has 6 nitrogen and oxygen atoms in total. The molecule has 0 aliphatic heterocycles. The molecule has 1 aromatic heterocycles. The molecule has 3 rings (SSSR count). The first-order valence-corrected chi connectivity index (χ1v) is 7.47. The van der Waals surface area contributed by atoms with Crippen molar-refractivity contribution >= 4 is 22.5 Å². The summed E-state index contributed by atoms with van der Waals surface area (Å²) in [5.41, 5.74) is 1.73. The second-order valence-corrected chi connectivity index (χ2v) is 5.45. The number of hydrogen-bond acceptors (Lipinski definition) is 4. The monoisotopic (exact) mass is 341 g/mol. The lowest BCUT2D eigenvalue weighted by atomic mass is 10.0. The summed E-state index contributed by atoms with van der Waals surface area (Å²) in [5, 5.41) is 15.1. The van der Waals surface area contributed by atoms with Crippen molar-refractivity contribution in [3.63, 3.8) is 0 Å². The molecule has 0 saturated heterocycles. The van der Waals surface area contributed by atoms with Crippen LogP contribution in [0.4, 0.5) is 5.69 Å². The normalized spacial score (nSPS) is 10.6. The number of carbonyl (C=O) groups excluding carboxylic acids is 1. The quantitative estimate of drug-likeness (QED) is 0.406. The van der Waals surface area contributed by atoms with E-state index in [1.54, 1.807) is 37.3 Å². The van der Waals surface area contributed by atoms with Gasteiger partial charge >= 0.3 is 0 Å². The maximum Gasteiger partial charge on any atom is 0.278 e. The van der Waals surface area contributed by atoms with Crippen molar-refractivity contribution in [2.45, 2.75) is 6.92 Å². The van der Waals surface area contributed by atoms with Gasteiger partial charge in [-0.1, -0.05) is 30.3 Å². The summed E-state index contributed by atoms with van der Waals surface area (Å²) in [7, 11) is 0. The van der Waals surface area contributed by atoms with Gasteiger partial charge in [-0.3, -0.25) is 14.9 Å². The summed E-state index contributed by atoms with van der Waals surface area (Å²) in [6.07, 6.45) is 0. The van der Waals surface area contributed by atoms with E-state index in [4.69, 9.17) is 11.6 Å². The van der Waals surface area contributed by atoms with E-state index in [9.17, 15) is 14.9 Å². The van der Waals surface area contributed by atoms with Gasteiger partial charge in [0.15, 0.2) is 0 Å². The lowest BCUT2D eigenvalue weighted by molar-refractivity contribution is -0.384. The highest BCUT2D eigenvalue weighted by Crippen LogP contribution is 2.35. The molecule has 0 aliphatic carbocycles. The minimum Gasteiger partial charge on any atom is -0.275 e. The van der Waals surface area contributed by atoms with Gasteiger partial charge in [-0.15, -0.1) is 0 Å². The molecule has 0 atom stereocenters. The van der Waals surface area contributed by atoms with Crippen LogP contribution in [0.2, 0.25) is 0 Å². The molecule has 0 fully saturated rings. The van der Waals surface area contributed by atoms with Crippen LogP contribution in [0.3, 0.4) is 0 Å². The molecule has 0 unspecified atom stereocenters. The molecular formula is C17H12ClN3O3. The average molecular weight is 342 g/mol. The molecule has 0 aliphatic rings. The van der Waals surface area contributed by atoms with Gasteiger partial charge < -0.3 is 0 Å². The van der Waals surface area contributed by atoms with Gasteiger partial charge in [0.05, 0.1) is 33.1 Å². The Morgan fingerprint density at radius 3 is 2.38 bits per heavy atom. The minimum atomic E-state index is -0.706. The lowest BCUT2D eigenvalue weighted by Crippen LogP contribution is -2.03. The molecule has 1 heterocycles. The summed E-state index contributed by atoms with van der Waals surface area (Å²) in [4.78, 5) is 22.8. The zero-order valence-electron chi connectivity index (χ0n) is 12.6. The number of aromatic nitrogens is 2. The summed E-state index contributed by atoms with van der Waals surface area (Å²) in [6, 6.07) is 15.3. The molecule has 2 aromatic carbocycles. The van der Waals surface area contributed by atoms with Crippen LogP contribution in [0.1, 0.15) is 16.1 Å². The molecule has 0 radical (unpaired) electrons. The average Bonchev–Trinajstić information content (AvgIpc) is 2.93. The molecule has 3 aromatic rings. The standard InChI is InChI=1S/C17H12ClN3O3/c1-11-15(17(18)22)16(13-9-5-6-10-14(13)21(23)24)20(19-11)12-7-3-2-4-8-12/h2-10H,1H3. The lowest BCUT2D eigenvalue weighted by Gasteiger charge is -2.09. The SMILES string of the molecule is Cc1nn(-c2ccccc2)c(-c2ccccc2[N+](=O)[O-])c1C(=O)Cl. The zero-order chi connectivity index (χ0) is 17.3. The maximum absolute atomic E-state index is 11.9. The molecule has 0 amide bonds. The van der Waals surface area contributed by atoms with Crippen LogP contribution in [0.25, 0.3) is 16.9 Å². The third-order valence-corrected chi connectivity index (χ3v) is 3.80. The number of benzene rings is 2. The number of para-hydroxylation sites is 2. The third kappa shape index (κ3) is 2.68. The van der Waals surface area contributed by atoms with Crippen molar-refractivity contribution in [1.82, 2.24) is 9.78 Å². The van der Waals surface area contributed by atoms with E-state index in [0.717, 1.165) is 0 Å². The summed E-state index contributed by atoms with van der Waals surface area (Å²) >= 11 is 5.73. The highest BCUT2D eigenvalue weighted by Gasteiger charge is 2.27. The highest BCUT2D eigenvalue weighted by atomic mass is 35.5. The van der Waals surface area contributed by atoms with Crippen molar-refractivity contribution in [3.05, 3.63) is 76.0 Å². The van der Waals surface area contributed by atoms with Crippen molar-refractivity contribution in [2.24, 2.45) is 0 Å². The van der Waals surface area contributed by atoms with E-state index in [1.807, 2.05) is 18.2 Å². The van der Waals surface area contributed by atoms with Gasteiger partial charge in [0.25, 0.3) is 10.9 Å². The summed E-state index contributed by atoms with van der Waals surface area (Å²) in [5.74, 6) is 0. The van der Waals surface area contributed by atoms with Crippen molar-refractivity contribution in [1.29, 1.82) is 0 Å². The fraction of sp³-hybridized carbons (Fsp3) is 0.0588. The van der Waals surface area contributed by atoms with E-state index in [2.05, 4.69) is 5.10 Å². The maximum atomic E-state index is 11.9. The second-order valence-electron chi connectivity index (χ2n) is 5.10. The molecule has 0 saturated carbocycles. The fourth-order valence-corrected chi connectivity index (χ4v) is 2.83. The van der Waals surface area contributed by atoms with E-state index in [-0.39, 0.29) is 16.8 Å². The van der Waals surface area contributed by atoms with E-state index >= 15 is 0 Å². The van der Waals surface area contributed by atoms with E-state index < -0.39 is 10.2 Å². The van der Waals surface area contributed by atoms with Crippen molar-refractivity contribution in [3.8, 4) is 16.9 Å². The minimum absolute atomic E-state index is 0.117. The smallest absolute Gasteiger partial charge is 0.275 e. The van der Waals surface area contributed by atoms with Gasteiger partial charge in [0, 0.05) is 6.07 Å². The zero-order valence-corrected chi connectivity index (χ0v) is 13.4. The van der Waals surface area contributed by atoms with Gasteiger partial charge in [-0.05, 0) is 36.7 Å². The van der Waals surface area contributed by atoms with Crippen LogP contribution in [0.5, 0.6) is 0 Å². The van der Waals surface area contributed by atoms with Crippen molar-refractivity contribution < 1.29 is 9.72 Å². The number of nitro benzene ring substituents is 1. The van der Waals surface area contributed by atoms with Gasteiger partial charge in [-0.2, -0.15) is 5.10 Å². The number of halogens is 1. The van der Waals surface area contributed by atoms with Crippen LogP contribution in [0, 0.1) is 17.0 Å². The molecule has 0 N–H and O–H groups in total. The molecule has 0 spiro atoms. The van der Waals surface area contributed by atoms with Gasteiger partial charge in [0.2, 0.25) is 0 Å². The Hall–Kier alpha value is -2.99. The fourth-order valence-electron chi connectivity index (χ4n) is 2.60. The molecule has 120 valence electrons. The van der Waals surface area contributed by atoms with Crippen LogP contribution in [0.15, 0.2) is 54.6 Å². The first-order valence-electron chi connectivity index (χ1n) is 7.09. The first kappa shape index (κ1) is 15.9. The Labute approximate surface area is 142 Å². The largest absolute Gasteiger partial charge is 0.278 e. The Morgan fingerprint density at radius 2 is 1.75 bits per heavy atom. The Balaban J connectivity index is 2.39. The molecular weight excluding hydrogens is 330 g/mol. The van der Waals surface area contributed by atoms with Crippen LogP contribution in [-0.2, 0) is 0 Å². The van der Waals surface area contributed by atoms with Crippen molar-refractivity contribution in [2.75, 3.05) is 0 Å². The second kappa shape index (κ2) is 6.25. The highest BCUT2D eigenvalue weighted by molar-refractivity contribution is 6.68. The Bertz CT molecular complexity index is 936. The number of nitro groups is 1. The third-order valence-electron chi connectivity index (χ3n) is 3.61. The van der Waals surface area contributed by atoms with E-state index in [0.29, 0.717) is 17.1 Å². The molecule has 7 heteroatoms.